The Kier molecular flexibility index (Phi) is 3.93. The van der Waals surface area contributed by atoms with E-state index in [0.29, 0.717) is 0 Å². The normalized spacial score (nSPS) is 10.7. The van der Waals surface area contributed by atoms with Crippen LogP contribution in [0.15, 0.2) is 22.7 Å². The average molecular weight is 263 g/mol. The first-order chi connectivity index (χ1) is 6.13. The molecule has 0 aliphatic carbocycles. The Labute approximate surface area is 88.1 Å². The molecule has 0 spiro atoms. The maximum absolute atomic E-state index is 10.5. The van der Waals surface area contributed by atoms with Crippen molar-refractivity contribution in [3.63, 3.8) is 0 Å². The second-order valence-corrected chi connectivity index (χ2v) is 4.61. The van der Waals surface area contributed by atoms with Crippen molar-refractivity contribution in [2.24, 2.45) is 0 Å². The van der Waals surface area contributed by atoms with Gasteiger partial charge in [0.1, 0.15) is 10.7 Å². The summed E-state index contributed by atoms with van der Waals surface area (Å²) in [5.41, 5.74) is 2.01. The molecule has 0 bridgehead atoms. The van der Waals surface area contributed by atoms with Crippen molar-refractivity contribution in [3.05, 3.63) is 33.8 Å². The highest BCUT2D eigenvalue weighted by Gasteiger charge is 2.00. The second-order valence-electron chi connectivity index (χ2n) is 2.77. The highest BCUT2D eigenvalue weighted by Crippen LogP contribution is 2.19. The molecule has 0 radical (unpaired) electrons. The first kappa shape index (κ1) is 10.7. The van der Waals surface area contributed by atoms with E-state index in [1.165, 1.54) is 0 Å². The van der Waals surface area contributed by atoms with Crippen molar-refractivity contribution in [1.29, 1.82) is 0 Å². The molecule has 1 rings (SSSR count). The topological polar surface area (TPSA) is 34.1 Å². The van der Waals surface area contributed by atoms with Crippen molar-refractivity contribution in [3.8, 4) is 0 Å². The molecule has 0 aliphatic heterocycles. The highest BCUT2D eigenvalue weighted by molar-refractivity contribution is 9.10. The zero-order chi connectivity index (χ0) is 9.84. The van der Waals surface area contributed by atoms with Crippen LogP contribution in [0.2, 0.25) is 0 Å². The summed E-state index contributed by atoms with van der Waals surface area (Å²) in [5, 5.41) is 0. The molecular formula is C9H11BrO2S. The molecule has 0 N–H and O–H groups in total. The molecule has 4 heteroatoms. The lowest BCUT2D eigenvalue weighted by atomic mass is 10.1. The molecule has 72 valence electrons. The summed E-state index contributed by atoms with van der Waals surface area (Å²) in [6, 6.07) is 5.65. The standard InChI is InChI=1S/C9H11BrO2S/c1-2-8-5-7(6-13(11)12)3-4-9(8)10/h3-5,13H,2,6H2,1H3. The summed E-state index contributed by atoms with van der Waals surface area (Å²) >= 11 is 3.41. The summed E-state index contributed by atoms with van der Waals surface area (Å²) in [4.78, 5) is 0. The Hall–Kier alpha value is -0.350. The van der Waals surface area contributed by atoms with E-state index in [-0.39, 0.29) is 5.75 Å². The summed E-state index contributed by atoms with van der Waals surface area (Å²) < 4.78 is 22.0. The third kappa shape index (κ3) is 3.12. The SMILES string of the molecule is CCc1cc(C[SH](=O)=O)ccc1Br. The molecule has 0 heterocycles. The quantitative estimate of drug-likeness (QED) is 0.847. The number of thiol groups is 1. The Morgan fingerprint density at radius 2 is 2.08 bits per heavy atom. The summed E-state index contributed by atoms with van der Waals surface area (Å²) in [6.45, 7) is 2.04. The number of halogens is 1. The van der Waals surface area contributed by atoms with Crippen molar-refractivity contribution in [2.45, 2.75) is 19.1 Å². The van der Waals surface area contributed by atoms with Gasteiger partial charge in [-0.3, -0.25) is 0 Å². The Morgan fingerprint density at radius 1 is 1.38 bits per heavy atom. The minimum absolute atomic E-state index is 0.135. The van der Waals surface area contributed by atoms with E-state index in [9.17, 15) is 8.42 Å². The molecule has 1 aromatic carbocycles. The van der Waals surface area contributed by atoms with Gasteiger partial charge in [-0.25, -0.2) is 8.42 Å². The summed E-state index contributed by atoms with van der Waals surface area (Å²) in [5.74, 6) is 0.135. The fraction of sp³-hybridized carbons (Fsp3) is 0.333. The number of aryl methyl sites for hydroxylation is 1. The lowest BCUT2D eigenvalue weighted by Crippen LogP contribution is -1.90. The Balaban J connectivity index is 2.99. The van der Waals surface area contributed by atoms with Crippen molar-refractivity contribution in [1.82, 2.24) is 0 Å². The maximum Gasteiger partial charge on any atom is 0.144 e. The first-order valence-electron chi connectivity index (χ1n) is 4.02. The van der Waals surface area contributed by atoms with Gasteiger partial charge in [0, 0.05) is 4.47 Å². The van der Waals surface area contributed by atoms with Crippen LogP contribution in [0.25, 0.3) is 0 Å². The molecular weight excluding hydrogens is 252 g/mol. The van der Waals surface area contributed by atoms with Gasteiger partial charge in [-0.1, -0.05) is 35.0 Å². The number of hydrogen-bond donors (Lipinski definition) is 1. The van der Waals surface area contributed by atoms with E-state index in [0.717, 1.165) is 22.0 Å². The van der Waals surface area contributed by atoms with Gasteiger partial charge in [0.2, 0.25) is 0 Å². The first-order valence-corrected chi connectivity index (χ1v) is 6.18. The third-order valence-corrected chi connectivity index (χ3v) is 3.20. The molecule has 0 atom stereocenters. The van der Waals surface area contributed by atoms with Gasteiger partial charge in [0.25, 0.3) is 0 Å². The monoisotopic (exact) mass is 262 g/mol. The molecule has 1 aromatic rings. The average Bonchev–Trinajstić information content (AvgIpc) is 2.07. The van der Waals surface area contributed by atoms with Crippen LogP contribution in [0.4, 0.5) is 0 Å². The zero-order valence-corrected chi connectivity index (χ0v) is 9.77. The van der Waals surface area contributed by atoms with Crippen LogP contribution in [-0.4, -0.2) is 8.42 Å². The van der Waals surface area contributed by atoms with Gasteiger partial charge in [0.05, 0.1) is 5.75 Å². The van der Waals surface area contributed by atoms with E-state index in [4.69, 9.17) is 0 Å². The number of benzene rings is 1. The van der Waals surface area contributed by atoms with Crippen LogP contribution in [0.1, 0.15) is 18.1 Å². The van der Waals surface area contributed by atoms with Crippen LogP contribution in [-0.2, 0) is 22.9 Å². The summed E-state index contributed by atoms with van der Waals surface area (Å²) in [7, 11) is -2.32. The highest BCUT2D eigenvalue weighted by atomic mass is 79.9. The molecule has 0 aromatic heterocycles. The minimum atomic E-state index is -2.32. The van der Waals surface area contributed by atoms with E-state index in [1.807, 2.05) is 25.1 Å². The van der Waals surface area contributed by atoms with Crippen LogP contribution < -0.4 is 0 Å². The predicted molar refractivity (Wildman–Crippen MR) is 57.5 cm³/mol. The van der Waals surface area contributed by atoms with Crippen LogP contribution in [0, 0.1) is 0 Å². The molecule has 2 nitrogen and oxygen atoms in total. The van der Waals surface area contributed by atoms with Gasteiger partial charge < -0.3 is 0 Å². The van der Waals surface area contributed by atoms with Gasteiger partial charge >= 0.3 is 0 Å². The fourth-order valence-corrected chi connectivity index (χ4v) is 2.17. The zero-order valence-electron chi connectivity index (χ0n) is 7.29. The largest absolute Gasteiger partial charge is 0.232 e. The second kappa shape index (κ2) is 4.77. The van der Waals surface area contributed by atoms with Crippen molar-refractivity contribution in [2.75, 3.05) is 0 Å². The van der Waals surface area contributed by atoms with Crippen molar-refractivity contribution >= 4 is 26.6 Å². The molecule has 0 unspecified atom stereocenters. The maximum atomic E-state index is 10.5. The smallest absolute Gasteiger partial charge is 0.144 e. The number of rotatable bonds is 3. The van der Waals surface area contributed by atoms with Crippen LogP contribution >= 0.6 is 15.9 Å². The van der Waals surface area contributed by atoms with Gasteiger partial charge in [-0.15, -0.1) is 0 Å². The third-order valence-electron chi connectivity index (χ3n) is 1.80. The van der Waals surface area contributed by atoms with Crippen LogP contribution in [0.5, 0.6) is 0 Å². The van der Waals surface area contributed by atoms with Crippen molar-refractivity contribution < 1.29 is 8.42 Å². The van der Waals surface area contributed by atoms with Gasteiger partial charge in [-0.05, 0) is 23.6 Å². The molecule has 0 aliphatic rings. The van der Waals surface area contributed by atoms with Gasteiger partial charge in [0.15, 0.2) is 0 Å². The van der Waals surface area contributed by atoms with E-state index in [2.05, 4.69) is 15.9 Å². The number of hydrogen-bond acceptors (Lipinski definition) is 2. The molecule has 0 fully saturated rings. The lowest BCUT2D eigenvalue weighted by molar-refractivity contribution is 0.614. The van der Waals surface area contributed by atoms with E-state index in [1.54, 1.807) is 0 Å². The van der Waals surface area contributed by atoms with E-state index < -0.39 is 10.7 Å². The molecule has 0 saturated heterocycles. The Bertz CT molecular complexity index is 364. The molecule has 0 amide bonds. The van der Waals surface area contributed by atoms with Gasteiger partial charge in [-0.2, -0.15) is 0 Å². The fourth-order valence-electron chi connectivity index (χ4n) is 1.15. The Morgan fingerprint density at radius 3 is 2.62 bits per heavy atom. The minimum Gasteiger partial charge on any atom is -0.232 e. The van der Waals surface area contributed by atoms with E-state index >= 15 is 0 Å². The summed E-state index contributed by atoms with van der Waals surface area (Å²) in [6.07, 6.45) is 0.907. The predicted octanol–water partition coefficient (Wildman–Crippen LogP) is 2.12. The lowest BCUT2D eigenvalue weighted by Gasteiger charge is -2.02. The van der Waals surface area contributed by atoms with Crippen LogP contribution in [0.3, 0.4) is 0 Å². The molecule has 13 heavy (non-hydrogen) atoms. The molecule has 0 saturated carbocycles.